The summed E-state index contributed by atoms with van der Waals surface area (Å²) in [6, 6.07) is 3.77. The van der Waals surface area contributed by atoms with Crippen LogP contribution < -0.4 is 5.32 Å². The molecule has 21 heavy (non-hydrogen) atoms. The van der Waals surface area contributed by atoms with Crippen molar-refractivity contribution < 1.29 is 9.13 Å². The summed E-state index contributed by atoms with van der Waals surface area (Å²) in [4.78, 5) is 10.7. The number of hydrogen-bond donors (Lipinski definition) is 1. The molecule has 1 aromatic rings. The molecule has 0 unspecified atom stereocenters. The maximum Gasteiger partial charge on any atom is 0.291 e. The first-order chi connectivity index (χ1) is 10.1. The van der Waals surface area contributed by atoms with Crippen LogP contribution in [0, 0.1) is 11.9 Å². The zero-order chi connectivity index (χ0) is 14.4. The number of aliphatic imine (C=N–C) groups is 1. The summed E-state index contributed by atoms with van der Waals surface area (Å²) < 4.78 is 19.9. The van der Waals surface area contributed by atoms with Gasteiger partial charge in [0, 0.05) is 12.5 Å². The number of fused-ring (bicyclic) bond motifs is 2. The second kappa shape index (κ2) is 4.91. The van der Waals surface area contributed by atoms with Crippen LogP contribution in [-0.2, 0) is 4.74 Å². The van der Waals surface area contributed by atoms with Crippen LogP contribution in [-0.4, -0.2) is 47.7 Å². The monoisotopic (exact) mass is 354 g/mol. The molecule has 0 aromatic carbocycles. The van der Waals surface area contributed by atoms with Crippen molar-refractivity contribution in [2.45, 2.75) is 18.4 Å². The van der Waals surface area contributed by atoms with E-state index in [1.807, 2.05) is 0 Å². The highest BCUT2D eigenvalue weighted by Crippen LogP contribution is 2.40. The molecule has 5 heterocycles. The third-order valence-corrected chi connectivity index (χ3v) is 5.24. The molecule has 4 aliphatic heterocycles. The van der Waals surface area contributed by atoms with Gasteiger partial charge in [0.1, 0.15) is 11.4 Å². The molecule has 2 bridgehead atoms. The minimum absolute atomic E-state index is 0.188. The van der Waals surface area contributed by atoms with Crippen LogP contribution in [0.15, 0.2) is 21.6 Å². The van der Waals surface area contributed by atoms with Gasteiger partial charge >= 0.3 is 0 Å². The first-order valence-electron chi connectivity index (χ1n) is 7.19. The Balaban J connectivity index is 1.47. The van der Waals surface area contributed by atoms with Crippen molar-refractivity contribution in [2.75, 3.05) is 31.5 Å². The Labute approximate surface area is 130 Å². The Morgan fingerprint density at radius 1 is 1.38 bits per heavy atom. The van der Waals surface area contributed by atoms with Crippen molar-refractivity contribution in [3.8, 4) is 0 Å². The molecular weight excluding hydrogens is 339 g/mol. The lowest BCUT2D eigenvalue weighted by Gasteiger charge is -2.50. The predicted molar refractivity (Wildman–Crippen MR) is 80.8 cm³/mol. The average Bonchev–Trinajstić information content (AvgIpc) is 2.87. The standard InChI is InChI=1S/C14H16BrFN4O/c15-10-1-2-11(18-12(10)16)19-13-17-7-14(21-13)8-20-5-3-9(14)4-6-20/h1-2,9H,3-8H2,(H,17,18,19)/t14-/m0/s1. The van der Waals surface area contributed by atoms with Gasteiger partial charge in [0.25, 0.3) is 6.02 Å². The van der Waals surface area contributed by atoms with Gasteiger partial charge in [-0.25, -0.2) is 9.98 Å². The molecule has 7 heteroatoms. The highest BCUT2D eigenvalue weighted by molar-refractivity contribution is 9.10. The maximum atomic E-state index is 13.4. The molecule has 0 aliphatic carbocycles. The molecule has 0 radical (unpaired) electrons. The highest BCUT2D eigenvalue weighted by atomic mass is 79.9. The molecule has 5 nitrogen and oxygen atoms in total. The van der Waals surface area contributed by atoms with Crippen LogP contribution in [0.2, 0.25) is 0 Å². The number of halogens is 2. The second-order valence-electron chi connectivity index (χ2n) is 5.93. The van der Waals surface area contributed by atoms with Gasteiger partial charge in [-0.3, -0.25) is 10.2 Å². The topological polar surface area (TPSA) is 49.8 Å². The van der Waals surface area contributed by atoms with Crippen LogP contribution in [0.25, 0.3) is 0 Å². The number of nitrogens with zero attached hydrogens (tertiary/aromatic N) is 3. The molecule has 1 N–H and O–H groups in total. The molecule has 1 spiro atoms. The first kappa shape index (κ1) is 13.5. The number of anilines is 1. The summed E-state index contributed by atoms with van der Waals surface area (Å²) in [6.07, 6.45) is 2.35. The molecule has 1 atom stereocenters. The van der Waals surface area contributed by atoms with Crippen molar-refractivity contribution in [1.82, 2.24) is 9.88 Å². The van der Waals surface area contributed by atoms with E-state index in [0.29, 0.717) is 28.8 Å². The Morgan fingerprint density at radius 2 is 2.19 bits per heavy atom. The predicted octanol–water partition coefficient (Wildman–Crippen LogP) is 2.25. The van der Waals surface area contributed by atoms with E-state index in [1.165, 1.54) is 12.8 Å². The van der Waals surface area contributed by atoms with E-state index in [2.05, 4.69) is 36.1 Å². The minimum atomic E-state index is -0.545. The van der Waals surface area contributed by atoms with Crippen molar-refractivity contribution in [3.05, 3.63) is 22.6 Å². The van der Waals surface area contributed by atoms with Crippen LogP contribution in [0.3, 0.4) is 0 Å². The van der Waals surface area contributed by atoms with E-state index >= 15 is 0 Å². The van der Waals surface area contributed by atoms with E-state index in [9.17, 15) is 4.39 Å². The molecule has 4 aliphatic rings. The van der Waals surface area contributed by atoms with Crippen molar-refractivity contribution >= 4 is 27.8 Å². The van der Waals surface area contributed by atoms with Crippen molar-refractivity contribution in [1.29, 1.82) is 0 Å². The summed E-state index contributed by atoms with van der Waals surface area (Å²) in [7, 11) is 0. The molecule has 1 aromatic heterocycles. The summed E-state index contributed by atoms with van der Waals surface area (Å²) in [5.41, 5.74) is -0.188. The number of rotatable bonds is 1. The summed E-state index contributed by atoms with van der Waals surface area (Å²) in [6.45, 7) is 3.94. The van der Waals surface area contributed by atoms with Gasteiger partial charge in [-0.1, -0.05) is 0 Å². The van der Waals surface area contributed by atoms with Gasteiger partial charge in [0.05, 0.1) is 11.0 Å². The number of hydrogen-bond acceptors (Lipinski definition) is 5. The van der Waals surface area contributed by atoms with Crippen LogP contribution >= 0.6 is 15.9 Å². The lowest BCUT2D eigenvalue weighted by atomic mass is 9.75. The molecule has 3 fully saturated rings. The van der Waals surface area contributed by atoms with Crippen molar-refractivity contribution in [3.63, 3.8) is 0 Å². The molecule has 3 saturated heterocycles. The molecule has 0 saturated carbocycles. The summed E-state index contributed by atoms with van der Waals surface area (Å²) >= 11 is 3.09. The van der Waals surface area contributed by atoms with E-state index in [-0.39, 0.29) is 5.60 Å². The number of piperidine rings is 3. The van der Waals surface area contributed by atoms with Crippen LogP contribution in [0.5, 0.6) is 0 Å². The molecule has 5 rings (SSSR count). The number of aromatic nitrogens is 1. The fourth-order valence-corrected chi connectivity index (χ4v) is 3.76. The quantitative estimate of drug-likeness (QED) is 0.785. The Bertz CT molecular complexity index is 603. The molecule has 112 valence electrons. The third kappa shape index (κ3) is 2.32. The second-order valence-corrected chi connectivity index (χ2v) is 6.79. The zero-order valence-corrected chi connectivity index (χ0v) is 13.1. The van der Waals surface area contributed by atoms with Gasteiger partial charge in [0.15, 0.2) is 0 Å². The van der Waals surface area contributed by atoms with E-state index in [0.717, 1.165) is 19.6 Å². The summed E-state index contributed by atoms with van der Waals surface area (Å²) in [5.74, 6) is 0.434. The average molecular weight is 355 g/mol. The van der Waals surface area contributed by atoms with Gasteiger partial charge in [-0.2, -0.15) is 4.39 Å². The normalized spacial score (nSPS) is 33.9. The maximum absolute atomic E-state index is 13.4. The number of amidine groups is 1. The van der Waals surface area contributed by atoms with E-state index < -0.39 is 5.95 Å². The van der Waals surface area contributed by atoms with Gasteiger partial charge in [-0.05, 0) is 54.0 Å². The Morgan fingerprint density at radius 3 is 2.86 bits per heavy atom. The minimum Gasteiger partial charge on any atom is -0.455 e. The molecule has 0 amide bonds. The Kier molecular flexibility index (Phi) is 3.15. The fourth-order valence-electron chi connectivity index (χ4n) is 3.54. The lowest BCUT2D eigenvalue weighted by molar-refractivity contribution is -0.0829. The first-order valence-corrected chi connectivity index (χ1v) is 7.99. The van der Waals surface area contributed by atoms with Gasteiger partial charge < -0.3 is 4.74 Å². The Hall–Kier alpha value is -1.21. The largest absolute Gasteiger partial charge is 0.455 e. The van der Waals surface area contributed by atoms with Crippen LogP contribution in [0.4, 0.5) is 10.2 Å². The third-order valence-electron chi connectivity index (χ3n) is 4.65. The lowest BCUT2D eigenvalue weighted by Crippen LogP contribution is -2.61. The SMILES string of the molecule is Fc1nc(NC2=NC[C@@]3(CN4CCC3CC4)O2)ccc1Br. The molecular formula is C14H16BrFN4O. The fraction of sp³-hybridized carbons (Fsp3) is 0.571. The number of pyridine rings is 1. The van der Waals surface area contributed by atoms with Crippen LogP contribution in [0.1, 0.15) is 12.8 Å². The smallest absolute Gasteiger partial charge is 0.291 e. The van der Waals surface area contributed by atoms with Crippen molar-refractivity contribution in [2.24, 2.45) is 10.9 Å². The zero-order valence-electron chi connectivity index (χ0n) is 11.5. The van der Waals surface area contributed by atoms with Gasteiger partial charge in [-0.15, -0.1) is 0 Å². The number of nitrogens with one attached hydrogen (secondary N) is 1. The van der Waals surface area contributed by atoms with E-state index in [4.69, 9.17) is 4.74 Å². The van der Waals surface area contributed by atoms with Gasteiger partial charge in [0.2, 0.25) is 5.95 Å². The van der Waals surface area contributed by atoms with E-state index in [1.54, 1.807) is 12.1 Å². The highest BCUT2D eigenvalue weighted by Gasteiger charge is 2.51. The number of ether oxygens (including phenoxy) is 1. The summed E-state index contributed by atoms with van der Waals surface area (Å²) in [5, 5.41) is 2.98.